The highest BCUT2D eigenvalue weighted by molar-refractivity contribution is 5.70. The van der Waals surface area contributed by atoms with Crippen molar-refractivity contribution in [3.8, 4) is 0 Å². The molecule has 0 fully saturated rings. The molecule has 0 unspecified atom stereocenters. The molecule has 0 N–H and O–H groups in total. The molecule has 0 aromatic heterocycles. The van der Waals surface area contributed by atoms with Crippen molar-refractivity contribution < 1.29 is 18.7 Å². The summed E-state index contributed by atoms with van der Waals surface area (Å²) >= 11 is 0. The molecule has 0 saturated heterocycles. The molecule has 0 amide bonds. The maximum absolute atomic E-state index is 13.1. The molecule has 0 spiro atoms. The van der Waals surface area contributed by atoms with E-state index in [1.807, 2.05) is 0 Å². The Balaban J connectivity index is 2.32. The van der Waals surface area contributed by atoms with Gasteiger partial charge in [-0.2, -0.15) is 0 Å². The van der Waals surface area contributed by atoms with Crippen molar-refractivity contribution in [2.75, 3.05) is 13.2 Å². The molecule has 0 aliphatic carbocycles. The molecule has 1 aromatic rings. The van der Waals surface area contributed by atoms with E-state index in [0.29, 0.717) is 12.2 Å². The fourth-order valence-corrected chi connectivity index (χ4v) is 1.06. The zero-order chi connectivity index (χ0) is 11.1. The summed E-state index contributed by atoms with van der Waals surface area (Å²) in [5.74, 6) is -0.768. The number of hydrogen-bond acceptors (Lipinski definition) is 3. The molecule has 82 valence electrons. The van der Waals surface area contributed by atoms with Crippen LogP contribution in [0.3, 0.4) is 0 Å². The number of halogens is 1. The number of ether oxygens (including phenoxy) is 2. The summed E-state index contributed by atoms with van der Waals surface area (Å²) < 4.78 is 22.7. The molecular formula is C11H13FO3. The van der Waals surface area contributed by atoms with E-state index < -0.39 is 5.97 Å². The number of hydrogen-bond donors (Lipinski definition) is 0. The average Bonchev–Trinajstić information content (AvgIpc) is 2.21. The number of rotatable bonds is 5. The normalized spacial score (nSPS) is 10.0. The Morgan fingerprint density at radius 1 is 1.40 bits per heavy atom. The van der Waals surface area contributed by atoms with Gasteiger partial charge in [0.05, 0.1) is 13.2 Å². The second-order valence-electron chi connectivity index (χ2n) is 2.89. The van der Waals surface area contributed by atoms with Gasteiger partial charge < -0.3 is 9.47 Å². The van der Waals surface area contributed by atoms with Crippen LogP contribution in [0.4, 0.5) is 4.39 Å². The van der Waals surface area contributed by atoms with Crippen molar-refractivity contribution in [3.63, 3.8) is 0 Å². The van der Waals surface area contributed by atoms with Crippen molar-refractivity contribution in [2.24, 2.45) is 0 Å². The molecule has 0 radical (unpaired) electrons. The van der Waals surface area contributed by atoms with Crippen LogP contribution < -0.4 is 0 Å². The van der Waals surface area contributed by atoms with Crippen LogP contribution in [0.15, 0.2) is 24.3 Å². The third kappa shape index (κ3) is 4.08. The van der Waals surface area contributed by atoms with Crippen LogP contribution in [-0.2, 0) is 20.9 Å². The number of carbonyl (C=O) groups is 1. The number of benzene rings is 1. The Kier molecular flexibility index (Phi) is 4.77. The molecule has 1 rings (SSSR count). The highest BCUT2D eigenvalue weighted by Gasteiger charge is 2.04. The summed E-state index contributed by atoms with van der Waals surface area (Å²) in [4.78, 5) is 10.9. The standard InChI is InChI=1S/C11H13FO3/c1-2-15-11(13)8-14-7-9-5-3-4-6-10(9)12/h3-6H,2,7-8H2,1H3. The SMILES string of the molecule is CCOC(=O)COCc1ccccc1F. The first kappa shape index (κ1) is 11.7. The second-order valence-corrected chi connectivity index (χ2v) is 2.89. The Morgan fingerprint density at radius 2 is 2.13 bits per heavy atom. The molecule has 3 nitrogen and oxygen atoms in total. The maximum atomic E-state index is 13.1. The average molecular weight is 212 g/mol. The first-order chi connectivity index (χ1) is 7.24. The predicted molar refractivity (Wildman–Crippen MR) is 52.7 cm³/mol. The van der Waals surface area contributed by atoms with Gasteiger partial charge in [0.1, 0.15) is 12.4 Å². The van der Waals surface area contributed by atoms with Crippen LogP contribution in [0.25, 0.3) is 0 Å². The second kappa shape index (κ2) is 6.14. The predicted octanol–water partition coefficient (Wildman–Crippen LogP) is 1.91. The largest absolute Gasteiger partial charge is 0.464 e. The molecule has 15 heavy (non-hydrogen) atoms. The zero-order valence-corrected chi connectivity index (χ0v) is 8.53. The molecular weight excluding hydrogens is 199 g/mol. The summed E-state index contributed by atoms with van der Waals surface area (Å²) in [5, 5.41) is 0. The van der Waals surface area contributed by atoms with Gasteiger partial charge in [0.15, 0.2) is 0 Å². The summed E-state index contributed by atoms with van der Waals surface area (Å²) in [6.07, 6.45) is 0. The molecule has 0 bridgehead atoms. The first-order valence-electron chi connectivity index (χ1n) is 4.70. The summed E-state index contributed by atoms with van der Waals surface area (Å²) in [5.41, 5.74) is 0.432. The van der Waals surface area contributed by atoms with E-state index in [-0.39, 0.29) is 19.0 Å². The van der Waals surface area contributed by atoms with Crippen molar-refractivity contribution >= 4 is 5.97 Å². The Labute approximate surface area is 87.8 Å². The minimum atomic E-state index is -0.436. The van der Waals surface area contributed by atoms with E-state index in [0.717, 1.165) is 0 Å². The molecule has 1 aromatic carbocycles. The lowest BCUT2D eigenvalue weighted by atomic mass is 10.2. The van der Waals surface area contributed by atoms with E-state index >= 15 is 0 Å². The topological polar surface area (TPSA) is 35.5 Å². The van der Waals surface area contributed by atoms with E-state index in [1.54, 1.807) is 25.1 Å². The van der Waals surface area contributed by atoms with Crippen molar-refractivity contribution in [2.45, 2.75) is 13.5 Å². The van der Waals surface area contributed by atoms with Crippen LogP contribution in [0.1, 0.15) is 12.5 Å². The fourth-order valence-electron chi connectivity index (χ4n) is 1.06. The number of carbonyl (C=O) groups excluding carboxylic acids is 1. The molecule has 4 heteroatoms. The Bertz CT molecular complexity index is 325. The third-order valence-corrected chi connectivity index (χ3v) is 1.74. The van der Waals surface area contributed by atoms with Gasteiger partial charge in [-0.25, -0.2) is 9.18 Å². The fraction of sp³-hybridized carbons (Fsp3) is 0.364. The molecule has 0 aliphatic rings. The van der Waals surface area contributed by atoms with E-state index in [4.69, 9.17) is 4.74 Å². The van der Waals surface area contributed by atoms with Gasteiger partial charge >= 0.3 is 5.97 Å². The molecule has 0 saturated carbocycles. The maximum Gasteiger partial charge on any atom is 0.332 e. The first-order valence-corrected chi connectivity index (χ1v) is 4.70. The monoisotopic (exact) mass is 212 g/mol. The van der Waals surface area contributed by atoms with Crippen LogP contribution in [-0.4, -0.2) is 19.2 Å². The highest BCUT2D eigenvalue weighted by Crippen LogP contribution is 2.07. The Morgan fingerprint density at radius 3 is 2.80 bits per heavy atom. The van der Waals surface area contributed by atoms with Crippen molar-refractivity contribution in [3.05, 3.63) is 35.6 Å². The van der Waals surface area contributed by atoms with Crippen molar-refractivity contribution in [1.82, 2.24) is 0 Å². The minimum absolute atomic E-state index is 0.0749. The van der Waals surface area contributed by atoms with Crippen LogP contribution in [0.5, 0.6) is 0 Å². The highest BCUT2D eigenvalue weighted by atomic mass is 19.1. The van der Waals surface area contributed by atoms with E-state index in [9.17, 15) is 9.18 Å². The zero-order valence-electron chi connectivity index (χ0n) is 8.53. The molecule has 0 heterocycles. The van der Waals surface area contributed by atoms with E-state index in [2.05, 4.69) is 4.74 Å². The summed E-state index contributed by atoms with van der Waals surface area (Å²) in [7, 11) is 0. The Hall–Kier alpha value is -1.42. The third-order valence-electron chi connectivity index (χ3n) is 1.74. The van der Waals surface area contributed by atoms with E-state index in [1.165, 1.54) is 6.07 Å². The van der Waals surface area contributed by atoms with Gasteiger partial charge in [0, 0.05) is 5.56 Å². The number of esters is 1. The van der Waals surface area contributed by atoms with Gasteiger partial charge in [0.2, 0.25) is 0 Å². The lowest BCUT2D eigenvalue weighted by molar-refractivity contribution is -0.148. The molecule has 0 atom stereocenters. The smallest absolute Gasteiger partial charge is 0.332 e. The quantitative estimate of drug-likeness (QED) is 0.699. The van der Waals surface area contributed by atoms with Gasteiger partial charge in [-0.05, 0) is 13.0 Å². The van der Waals surface area contributed by atoms with Gasteiger partial charge in [0.25, 0.3) is 0 Å². The summed E-state index contributed by atoms with van der Waals surface area (Å²) in [6, 6.07) is 6.28. The lowest BCUT2D eigenvalue weighted by Crippen LogP contribution is -2.12. The van der Waals surface area contributed by atoms with Crippen LogP contribution in [0, 0.1) is 5.82 Å². The molecule has 0 aliphatic heterocycles. The van der Waals surface area contributed by atoms with Gasteiger partial charge in [-0.1, -0.05) is 18.2 Å². The van der Waals surface area contributed by atoms with Crippen LogP contribution in [0.2, 0.25) is 0 Å². The van der Waals surface area contributed by atoms with Crippen LogP contribution >= 0.6 is 0 Å². The lowest BCUT2D eigenvalue weighted by Gasteiger charge is -2.04. The summed E-state index contributed by atoms with van der Waals surface area (Å²) in [6.45, 7) is 1.96. The van der Waals surface area contributed by atoms with Crippen molar-refractivity contribution in [1.29, 1.82) is 0 Å². The minimum Gasteiger partial charge on any atom is -0.464 e. The van der Waals surface area contributed by atoms with Gasteiger partial charge in [-0.15, -0.1) is 0 Å². The van der Waals surface area contributed by atoms with Gasteiger partial charge in [-0.3, -0.25) is 0 Å².